The van der Waals surface area contributed by atoms with Crippen LogP contribution in [0.3, 0.4) is 0 Å². The van der Waals surface area contributed by atoms with E-state index in [2.05, 4.69) is 16.3 Å². The molecule has 5 nitrogen and oxygen atoms in total. The van der Waals surface area contributed by atoms with E-state index in [0.717, 1.165) is 35.3 Å². The Morgan fingerprint density at radius 1 is 1.10 bits per heavy atom. The number of halogens is 1. The van der Waals surface area contributed by atoms with Crippen LogP contribution in [-0.2, 0) is 4.79 Å². The first-order valence-corrected chi connectivity index (χ1v) is 9.73. The van der Waals surface area contributed by atoms with Crippen LogP contribution >= 0.6 is 11.6 Å². The van der Waals surface area contributed by atoms with E-state index in [1.54, 1.807) is 6.08 Å². The van der Waals surface area contributed by atoms with E-state index in [0.29, 0.717) is 5.92 Å². The molecule has 3 aromatic rings. The van der Waals surface area contributed by atoms with E-state index in [-0.39, 0.29) is 16.8 Å². The number of aryl methyl sites for hydroxylation is 1. The fourth-order valence-corrected chi connectivity index (χ4v) is 3.12. The molecular weight excluding hydrogens is 388 g/mol. The molecule has 0 radical (unpaired) electrons. The molecule has 1 aliphatic rings. The molecule has 0 aliphatic heterocycles. The van der Waals surface area contributed by atoms with Crippen molar-refractivity contribution >= 4 is 23.6 Å². The molecule has 0 unspecified atom stereocenters. The second kappa shape index (κ2) is 8.45. The Balaban J connectivity index is 1.57. The van der Waals surface area contributed by atoms with Gasteiger partial charge in [-0.05, 0) is 48.4 Å². The normalized spacial score (nSPS) is 13.4. The van der Waals surface area contributed by atoms with Gasteiger partial charge in [-0.2, -0.15) is 0 Å². The van der Waals surface area contributed by atoms with Crippen LogP contribution < -0.4 is 9.47 Å². The SMILES string of the molecule is Cc1cccc(C2CC2)c1Oc1nnc(Cl)cc1OC(=O)C=Cc1ccccc1. The number of para-hydroxylation sites is 1. The van der Waals surface area contributed by atoms with Crippen LogP contribution in [0.25, 0.3) is 6.08 Å². The summed E-state index contributed by atoms with van der Waals surface area (Å²) in [5, 5.41) is 7.95. The van der Waals surface area contributed by atoms with Crippen LogP contribution in [0, 0.1) is 6.92 Å². The average molecular weight is 407 g/mol. The Bertz CT molecular complexity index is 1060. The van der Waals surface area contributed by atoms with Crippen LogP contribution in [0.1, 0.15) is 35.4 Å². The maximum absolute atomic E-state index is 12.3. The lowest BCUT2D eigenvalue weighted by molar-refractivity contribution is -0.129. The molecule has 2 aromatic carbocycles. The monoisotopic (exact) mass is 406 g/mol. The Kier molecular flexibility index (Phi) is 5.58. The molecule has 0 atom stereocenters. The van der Waals surface area contributed by atoms with Gasteiger partial charge in [0, 0.05) is 12.1 Å². The largest absolute Gasteiger partial charge is 0.434 e. The Morgan fingerprint density at radius 3 is 2.66 bits per heavy atom. The zero-order valence-corrected chi connectivity index (χ0v) is 16.6. The average Bonchev–Trinajstić information content (AvgIpc) is 3.56. The van der Waals surface area contributed by atoms with E-state index in [1.807, 2.05) is 49.4 Å². The van der Waals surface area contributed by atoms with E-state index in [4.69, 9.17) is 21.1 Å². The van der Waals surface area contributed by atoms with Crippen molar-refractivity contribution in [2.24, 2.45) is 0 Å². The van der Waals surface area contributed by atoms with Gasteiger partial charge in [-0.1, -0.05) is 60.1 Å². The Labute approximate surface area is 174 Å². The highest BCUT2D eigenvalue weighted by Gasteiger charge is 2.28. The Hall–Kier alpha value is -3.18. The lowest BCUT2D eigenvalue weighted by Gasteiger charge is -2.14. The van der Waals surface area contributed by atoms with Crippen molar-refractivity contribution < 1.29 is 14.3 Å². The van der Waals surface area contributed by atoms with Crippen molar-refractivity contribution in [1.29, 1.82) is 0 Å². The number of hydrogen-bond acceptors (Lipinski definition) is 5. The van der Waals surface area contributed by atoms with Crippen LogP contribution in [0.2, 0.25) is 5.15 Å². The number of ether oxygens (including phenoxy) is 2. The number of carbonyl (C=O) groups excluding carboxylic acids is 1. The molecule has 1 aromatic heterocycles. The van der Waals surface area contributed by atoms with E-state index >= 15 is 0 Å². The van der Waals surface area contributed by atoms with Crippen molar-refractivity contribution in [3.63, 3.8) is 0 Å². The molecule has 0 N–H and O–H groups in total. The van der Waals surface area contributed by atoms with Crippen molar-refractivity contribution in [2.75, 3.05) is 0 Å². The molecule has 1 heterocycles. The van der Waals surface area contributed by atoms with Crippen molar-refractivity contribution in [3.05, 3.63) is 82.5 Å². The highest BCUT2D eigenvalue weighted by Crippen LogP contribution is 2.46. The number of nitrogens with zero attached hydrogens (tertiary/aromatic N) is 2. The predicted octanol–water partition coefficient (Wildman–Crippen LogP) is 5.73. The molecule has 1 fully saturated rings. The highest BCUT2D eigenvalue weighted by atomic mass is 35.5. The summed E-state index contributed by atoms with van der Waals surface area (Å²) in [6.45, 7) is 1.97. The second-order valence-corrected chi connectivity index (χ2v) is 7.26. The van der Waals surface area contributed by atoms with Crippen LogP contribution in [0.4, 0.5) is 0 Å². The molecule has 6 heteroatoms. The molecule has 1 saturated carbocycles. The first-order valence-electron chi connectivity index (χ1n) is 9.35. The fraction of sp³-hybridized carbons (Fsp3) is 0.174. The van der Waals surface area contributed by atoms with Crippen molar-refractivity contribution in [1.82, 2.24) is 10.2 Å². The zero-order chi connectivity index (χ0) is 20.2. The third kappa shape index (κ3) is 4.81. The summed E-state index contributed by atoms with van der Waals surface area (Å²) in [6, 6.07) is 16.9. The maximum atomic E-state index is 12.3. The van der Waals surface area contributed by atoms with Gasteiger partial charge in [0.2, 0.25) is 0 Å². The Morgan fingerprint density at radius 2 is 1.90 bits per heavy atom. The summed E-state index contributed by atoms with van der Waals surface area (Å²) in [5.74, 6) is 0.883. The van der Waals surface area contributed by atoms with Crippen LogP contribution in [0.15, 0.2) is 60.7 Å². The van der Waals surface area contributed by atoms with Gasteiger partial charge in [0.15, 0.2) is 10.9 Å². The van der Waals surface area contributed by atoms with Gasteiger partial charge in [0.05, 0.1) is 0 Å². The van der Waals surface area contributed by atoms with Crippen LogP contribution in [-0.4, -0.2) is 16.2 Å². The smallest absolute Gasteiger partial charge is 0.336 e. The van der Waals surface area contributed by atoms with Gasteiger partial charge < -0.3 is 9.47 Å². The fourth-order valence-electron chi connectivity index (χ4n) is 2.98. The third-order valence-corrected chi connectivity index (χ3v) is 4.76. The lowest BCUT2D eigenvalue weighted by Crippen LogP contribution is -2.07. The van der Waals surface area contributed by atoms with Crippen molar-refractivity contribution in [2.45, 2.75) is 25.7 Å². The first kappa shape index (κ1) is 19.2. The number of aromatic nitrogens is 2. The molecular formula is C23H19ClN2O3. The molecule has 0 saturated heterocycles. The number of rotatable bonds is 6. The topological polar surface area (TPSA) is 61.3 Å². The van der Waals surface area contributed by atoms with Gasteiger partial charge in [-0.3, -0.25) is 0 Å². The summed E-state index contributed by atoms with van der Waals surface area (Å²) in [6.07, 6.45) is 5.29. The number of carbonyl (C=O) groups is 1. The maximum Gasteiger partial charge on any atom is 0.336 e. The molecule has 0 amide bonds. The van der Waals surface area contributed by atoms with E-state index in [9.17, 15) is 4.79 Å². The predicted molar refractivity (Wildman–Crippen MR) is 111 cm³/mol. The minimum Gasteiger partial charge on any atom is -0.434 e. The summed E-state index contributed by atoms with van der Waals surface area (Å²) in [7, 11) is 0. The minimum absolute atomic E-state index is 0.104. The van der Waals surface area contributed by atoms with E-state index < -0.39 is 5.97 Å². The summed E-state index contributed by atoms with van der Waals surface area (Å²) < 4.78 is 11.5. The summed E-state index contributed by atoms with van der Waals surface area (Å²) in [5.41, 5.74) is 3.00. The van der Waals surface area contributed by atoms with Gasteiger partial charge in [-0.15, -0.1) is 10.2 Å². The summed E-state index contributed by atoms with van der Waals surface area (Å²) in [4.78, 5) is 12.3. The van der Waals surface area contributed by atoms with Crippen molar-refractivity contribution in [3.8, 4) is 17.4 Å². The standard InChI is InChI=1S/C23H19ClN2O3/c1-15-6-5-9-18(17-11-12-17)22(15)29-23-19(14-20(24)25-26-23)28-21(27)13-10-16-7-3-2-4-8-16/h2-10,13-14,17H,11-12H2,1H3. The molecule has 1 aliphatic carbocycles. The number of benzene rings is 2. The lowest BCUT2D eigenvalue weighted by atomic mass is 10.1. The van der Waals surface area contributed by atoms with Gasteiger partial charge in [-0.25, -0.2) is 4.79 Å². The quantitative estimate of drug-likeness (QED) is 0.386. The second-order valence-electron chi connectivity index (χ2n) is 6.87. The molecule has 0 bridgehead atoms. The van der Waals surface area contributed by atoms with Gasteiger partial charge >= 0.3 is 5.97 Å². The first-order chi connectivity index (χ1) is 14.1. The molecule has 29 heavy (non-hydrogen) atoms. The highest BCUT2D eigenvalue weighted by molar-refractivity contribution is 6.29. The minimum atomic E-state index is -0.560. The number of esters is 1. The molecule has 146 valence electrons. The summed E-state index contributed by atoms with van der Waals surface area (Å²) >= 11 is 5.96. The molecule has 4 rings (SSSR count). The molecule has 0 spiro atoms. The van der Waals surface area contributed by atoms with Crippen LogP contribution in [0.5, 0.6) is 17.4 Å². The number of hydrogen-bond donors (Lipinski definition) is 0. The zero-order valence-electron chi connectivity index (χ0n) is 15.8. The third-order valence-electron chi connectivity index (χ3n) is 4.58. The van der Waals surface area contributed by atoms with E-state index in [1.165, 1.54) is 12.1 Å². The van der Waals surface area contributed by atoms with Gasteiger partial charge in [0.1, 0.15) is 5.75 Å². The van der Waals surface area contributed by atoms with Gasteiger partial charge in [0.25, 0.3) is 5.88 Å².